The van der Waals surface area contributed by atoms with E-state index in [1.807, 2.05) is 72.8 Å². The van der Waals surface area contributed by atoms with Crippen LogP contribution in [-0.2, 0) is 0 Å². The highest BCUT2D eigenvalue weighted by molar-refractivity contribution is 5.89. The van der Waals surface area contributed by atoms with E-state index >= 15 is 0 Å². The molecule has 6 rings (SSSR count). The van der Waals surface area contributed by atoms with Crippen molar-refractivity contribution in [2.45, 2.75) is 19.3 Å². The maximum absolute atomic E-state index is 14.1. The lowest BCUT2D eigenvalue weighted by Gasteiger charge is -2.28. The average molecular weight is 493 g/mol. The first-order chi connectivity index (χ1) is 18.2. The first-order valence-electron chi connectivity index (χ1n) is 12.5. The standard InChI is InChI=1S/C29H28N6O2/c1-37-22-15-13-20(14-16-22)24-27(31-23-12-6-7-17-30-23)32-28-26(34-18-8-3-9-19-34)25(33-35(28)29(24)36)21-10-4-2-5-11-21/h2,4-7,10-17,32H,3,8-9,18-19H2,1H3,(H,30,31). The number of rotatable bonds is 6. The number of aromatic nitrogens is 4. The zero-order chi connectivity index (χ0) is 25.2. The second kappa shape index (κ2) is 9.81. The van der Waals surface area contributed by atoms with E-state index < -0.39 is 0 Å². The molecule has 0 atom stereocenters. The number of nitrogens with one attached hydrogen (secondary N) is 2. The minimum Gasteiger partial charge on any atom is -0.497 e. The molecule has 4 heterocycles. The van der Waals surface area contributed by atoms with Crippen molar-refractivity contribution >= 4 is 23.0 Å². The quantitative estimate of drug-likeness (QED) is 0.326. The van der Waals surface area contributed by atoms with Crippen molar-refractivity contribution in [2.75, 3.05) is 30.4 Å². The van der Waals surface area contributed by atoms with Gasteiger partial charge < -0.3 is 19.9 Å². The SMILES string of the molecule is COc1ccc(-c2c(Nc3ccccn3)[nH]c3c(N4CCCCC4)c(-c4ccccc4)nn3c2=O)cc1. The van der Waals surface area contributed by atoms with Crippen LogP contribution in [0.3, 0.4) is 0 Å². The van der Waals surface area contributed by atoms with Crippen LogP contribution in [0, 0.1) is 0 Å². The largest absolute Gasteiger partial charge is 0.497 e. The molecule has 1 aliphatic rings. The van der Waals surface area contributed by atoms with Crippen LogP contribution in [0.25, 0.3) is 28.0 Å². The van der Waals surface area contributed by atoms with Gasteiger partial charge in [0.05, 0.1) is 12.7 Å². The van der Waals surface area contributed by atoms with Crippen molar-refractivity contribution in [3.63, 3.8) is 0 Å². The molecule has 0 unspecified atom stereocenters. The number of anilines is 3. The molecule has 186 valence electrons. The molecule has 5 aromatic rings. The maximum atomic E-state index is 14.1. The predicted molar refractivity (Wildman–Crippen MR) is 147 cm³/mol. The van der Waals surface area contributed by atoms with E-state index in [0.29, 0.717) is 22.8 Å². The Morgan fingerprint density at radius 3 is 2.35 bits per heavy atom. The molecule has 0 radical (unpaired) electrons. The van der Waals surface area contributed by atoms with Crippen molar-refractivity contribution in [1.29, 1.82) is 0 Å². The topological polar surface area (TPSA) is 87.5 Å². The molecule has 8 nitrogen and oxygen atoms in total. The summed E-state index contributed by atoms with van der Waals surface area (Å²) in [6.07, 6.45) is 5.15. The third-order valence-electron chi connectivity index (χ3n) is 6.78. The number of benzene rings is 2. The van der Waals surface area contributed by atoms with Gasteiger partial charge in [0.2, 0.25) is 0 Å². The summed E-state index contributed by atoms with van der Waals surface area (Å²) in [7, 11) is 1.62. The number of H-pyrrole nitrogens is 1. The Labute approximate surface area is 214 Å². The number of methoxy groups -OCH3 is 1. The van der Waals surface area contributed by atoms with Gasteiger partial charge in [0.1, 0.15) is 28.8 Å². The Balaban J connectivity index is 1.62. The molecule has 0 amide bonds. The Morgan fingerprint density at radius 2 is 1.65 bits per heavy atom. The number of piperidine rings is 1. The summed E-state index contributed by atoms with van der Waals surface area (Å²) in [6.45, 7) is 1.85. The Hall–Kier alpha value is -4.59. The van der Waals surface area contributed by atoms with E-state index in [9.17, 15) is 4.79 Å². The van der Waals surface area contributed by atoms with Crippen LogP contribution < -0.4 is 20.5 Å². The number of nitrogens with zero attached hydrogens (tertiary/aromatic N) is 4. The van der Waals surface area contributed by atoms with Gasteiger partial charge in [-0.1, -0.05) is 48.5 Å². The first-order valence-corrected chi connectivity index (χ1v) is 12.5. The molecule has 0 bridgehead atoms. The summed E-state index contributed by atoms with van der Waals surface area (Å²) < 4.78 is 6.84. The van der Waals surface area contributed by atoms with Crippen LogP contribution in [0.1, 0.15) is 19.3 Å². The minimum atomic E-state index is -0.210. The van der Waals surface area contributed by atoms with Crippen LogP contribution in [-0.4, -0.2) is 39.8 Å². The van der Waals surface area contributed by atoms with E-state index in [1.54, 1.807) is 13.3 Å². The number of fused-ring (bicyclic) bond motifs is 1. The maximum Gasteiger partial charge on any atom is 0.284 e. The summed E-state index contributed by atoms with van der Waals surface area (Å²) in [5, 5.41) is 8.24. The zero-order valence-corrected chi connectivity index (χ0v) is 20.6. The number of hydrogen-bond donors (Lipinski definition) is 2. The van der Waals surface area contributed by atoms with Gasteiger partial charge in [0, 0.05) is 24.8 Å². The van der Waals surface area contributed by atoms with Gasteiger partial charge in [-0.3, -0.25) is 4.79 Å². The Kier molecular flexibility index (Phi) is 6.06. The summed E-state index contributed by atoms with van der Waals surface area (Å²) in [4.78, 5) is 24.5. The Morgan fingerprint density at radius 1 is 0.892 bits per heavy atom. The van der Waals surface area contributed by atoms with Crippen molar-refractivity contribution in [1.82, 2.24) is 19.6 Å². The highest BCUT2D eigenvalue weighted by Crippen LogP contribution is 2.37. The number of aromatic amines is 1. The molecule has 37 heavy (non-hydrogen) atoms. The highest BCUT2D eigenvalue weighted by Gasteiger charge is 2.26. The lowest BCUT2D eigenvalue weighted by atomic mass is 10.1. The van der Waals surface area contributed by atoms with Gasteiger partial charge in [0.25, 0.3) is 5.56 Å². The van der Waals surface area contributed by atoms with Gasteiger partial charge in [-0.2, -0.15) is 9.61 Å². The summed E-state index contributed by atoms with van der Waals surface area (Å²) in [6, 6.07) is 23.2. The van der Waals surface area contributed by atoms with E-state index in [4.69, 9.17) is 9.84 Å². The fraction of sp³-hybridized carbons (Fsp3) is 0.207. The fourth-order valence-corrected chi connectivity index (χ4v) is 4.95. The molecule has 3 aromatic heterocycles. The van der Waals surface area contributed by atoms with Crippen molar-refractivity contribution in [3.05, 3.63) is 89.3 Å². The monoisotopic (exact) mass is 492 g/mol. The zero-order valence-electron chi connectivity index (χ0n) is 20.6. The molecule has 2 aromatic carbocycles. The van der Waals surface area contributed by atoms with Crippen molar-refractivity contribution in [2.24, 2.45) is 0 Å². The molecule has 0 aliphatic carbocycles. The van der Waals surface area contributed by atoms with Gasteiger partial charge in [-0.05, 0) is 49.1 Å². The van der Waals surface area contributed by atoms with E-state index in [1.165, 1.54) is 10.9 Å². The normalized spacial score (nSPS) is 13.6. The third kappa shape index (κ3) is 4.31. The lowest BCUT2D eigenvalue weighted by Crippen LogP contribution is -2.30. The fourth-order valence-electron chi connectivity index (χ4n) is 4.95. The molecule has 1 fully saturated rings. The Bertz CT molecular complexity index is 1570. The van der Waals surface area contributed by atoms with Gasteiger partial charge in [-0.15, -0.1) is 0 Å². The van der Waals surface area contributed by atoms with E-state index in [2.05, 4.69) is 20.2 Å². The molecule has 1 saturated heterocycles. The van der Waals surface area contributed by atoms with Crippen LogP contribution in [0.5, 0.6) is 5.75 Å². The van der Waals surface area contributed by atoms with Crippen molar-refractivity contribution in [3.8, 4) is 28.1 Å². The number of hydrogen-bond acceptors (Lipinski definition) is 6. The number of ether oxygens (including phenoxy) is 1. The molecular formula is C29H28N6O2. The van der Waals surface area contributed by atoms with E-state index in [-0.39, 0.29) is 5.56 Å². The molecule has 1 aliphatic heterocycles. The second-order valence-corrected chi connectivity index (χ2v) is 9.12. The van der Waals surface area contributed by atoms with Crippen molar-refractivity contribution < 1.29 is 4.74 Å². The third-order valence-corrected chi connectivity index (χ3v) is 6.78. The highest BCUT2D eigenvalue weighted by atomic mass is 16.5. The van der Waals surface area contributed by atoms with Gasteiger partial charge in [-0.25, -0.2) is 4.98 Å². The van der Waals surface area contributed by atoms with E-state index in [0.717, 1.165) is 54.2 Å². The minimum absolute atomic E-state index is 0.210. The summed E-state index contributed by atoms with van der Waals surface area (Å²) in [5.41, 5.74) is 4.41. The smallest absolute Gasteiger partial charge is 0.284 e. The average Bonchev–Trinajstić information content (AvgIpc) is 3.35. The van der Waals surface area contributed by atoms with Crippen LogP contribution in [0.15, 0.2) is 83.8 Å². The molecule has 8 heteroatoms. The molecule has 2 N–H and O–H groups in total. The second-order valence-electron chi connectivity index (χ2n) is 9.12. The van der Waals surface area contributed by atoms with Gasteiger partial charge >= 0.3 is 0 Å². The predicted octanol–water partition coefficient (Wildman–Crippen LogP) is 5.49. The van der Waals surface area contributed by atoms with Crippen LogP contribution >= 0.6 is 0 Å². The lowest BCUT2D eigenvalue weighted by molar-refractivity contribution is 0.415. The summed E-state index contributed by atoms with van der Waals surface area (Å²) in [5.74, 6) is 1.93. The summed E-state index contributed by atoms with van der Waals surface area (Å²) >= 11 is 0. The van der Waals surface area contributed by atoms with Crippen LogP contribution in [0.4, 0.5) is 17.3 Å². The molecular weight excluding hydrogens is 464 g/mol. The van der Waals surface area contributed by atoms with Crippen LogP contribution in [0.2, 0.25) is 0 Å². The number of pyridine rings is 1. The van der Waals surface area contributed by atoms with Gasteiger partial charge in [0.15, 0.2) is 5.65 Å². The molecule has 0 saturated carbocycles. The molecule has 0 spiro atoms. The first kappa shape index (κ1) is 22.8.